The quantitative estimate of drug-likeness (QED) is 0.305. The molecule has 234 valence electrons. The van der Waals surface area contributed by atoms with Gasteiger partial charge in [-0.25, -0.2) is 13.2 Å². The second-order valence-electron chi connectivity index (χ2n) is 11.4. The van der Waals surface area contributed by atoms with Gasteiger partial charge >= 0.3 is 6.03 Å². The van der Waals surface area contributed by atoms with E-state index in [1.807, 2.05) is 38.1 Å². The van der Waals surface area contributed by atoms with Gasteiger partial charge in [0.25, 0.3) is 0 Å². The number of piperidine rings is 1. The number of sulfone groups is 1. The predicted molar refractivity (Wildman–Crippen MR) is 174 cm³/mol. The molecule has 2 atom stereocenters. The first-order valence-electron chi connectivity index (χ1n) is 14.3. The standard InChI is InChI=1S/C32H34Cl3N3O5S/c1-5-43-27-19-26(35)28(44(4,41)42)18-25(27)29-36-31(2,20-6-10-22(33)11-7-20)32(3,21-8-12-23(34)13-9-21)38(29)30(40)37-16-14-24(39)15-17-37/h6-13,18-19,24,39H,5,14-17H2,1-4H3. The minimum absolute atomic E-state index is 0.00196. The van der Waals surface area contributed by atoms with Crippen LogP contribution >= 0.6 is 34.8 Å². The van der Waals surface area contributed by atoms with E-state index in [2.05, 4.69) is 0 Å². The molecule has 0 bridgehead atoms. The van der Waals surface area contributed by atoms with Crippen LogP contribution in [0.15, 0.2) is 70.6 Å². The van der Waals surface area contributed by atoms with Crippen molar-refractivity contribution in [2.75, 3.05) is 26.0 Å². The Balaban J connectivity index is 1.85. The van der Waals surface area contributed by atoms with Crippen LogP contribution < -0.4 is 4.74 Å². The van der Waals surface area contributed by atoms with Gasteiger partial charge in [-0.1, -0.05) is 59.1 Å². The average molecular weight is 679 g/mol. The number of aliphatic imine (C=N–C) groups is 1. The Hall–Kier alpha value is -2.82. The van der Waals surface area contributed by atoms with E-state index >= 15 is 0 Å². The van der Waals surface area contributed by atoms with E-state index in [0.717, 1.165) is 17.4 Å². The van der Waals surface area contributed by atoms with Gasteiger partial charge in [0.1, 0.15) is 22.7 Å². The highest BCUT2D eigenvalue weighted by molar-refractivity contribution is 7.90. The Morgan fingerprint density at radius 1 is 0.977 bits per heavy atom. The van der Waals surface area contributed by atoms with Crippen LogP contribution in [-0.4, -0.2) is 67.2 Å². The third-order valence-corrected chi connectivity index (χ3v) is 10.7. The van der Waals surface area contributed by atoms with E-state index in [0.29, 0.717) is 41.5 Å². The molecule has 0 spiro atoms. The van der Waals surface area contributed by atoms with Crippen LogP contribution in [0.5, 0.6) is 5.75 Å². The number of carbonyl (C=O) groups is 1. The highest BCUT2D eigenvalue weighted by Gasteiger charge is 2.60. The molecule has 0 saturated carbocycles. The number of amides is 2. The lowest BCUT2D eigenvalue weighted by Crippen LogP contribution is -2.59. The van der Waals surface area contributed by atoms with Crippen molar-refractivity contribution < 1.29 is 23.1 Å². The van der Waals surface area contributed by atoms with Gasteiger partial charge in [0.15, 0.2) is 9.84 Å². The molecule has 2 unspecified atom stereocenters. The molecule has 2 aliphatic heterocycles. The van der Waals surface area contributed by atoms with Crippen LogP contribution in [0.4, 0.5) is 4.79 Å². The summed E-state index contributed by atoms with van der Waals surface area (Å²) in [5.41, 5.74) is -0.447. The lowest BCUT2D eigenvalue weighted by atomic mass is 9.71. The molecule has 12 heteroatoms. The molecule has 0 aromatic heterocycles. The van der Waals surface area contributed by atoms with Crippen molar-refractivity contribution in [3.63, 3.8) is 0 Å². The van der Waals surface area contributed by atoms with Crippen molar-refractivity contribution in [1.82, 2.24) is 9.80 Å². The summed E-state index contributed by atoms with van der Waals surface area (Å²) in [5.74, 6) is 0.510. The Labute approximate surface area is 273 Å². The minimum atomic E-state index is -3.77. The van der Waals surface area contributed by atoms with Gasteiger partial charge in [-0.2, -0.15) is 0 Å². The maximum atomic E-state index is 14.8. The monoisotopic (exact) mass is 677 g/mol. The number of likely N-dealkylation sites (tertiary alicyclic amines) is 1. The number of hydrogen-bond acceptors (Lipinski definition) is 6. The number of amidine groups is 1. The van der Waals surface area contributed by atoms with Crippen LogP contribution in [-0.2, 0) is 20.9 Å². The number of carbonyl (C=O) groups excluding carboxylic acids is 1. The number of nitrogens with zero attached hydrogens (tertiary/aromatic N) is 3. The van der Waals surface area contributed by atoms with Gasteiger partial charge in [-0.15, -0.1) is 0 Å². The lowest BCUT2D eigenvalue weighted by molar-refractivity contribution is 0.0689. The third-order valence-electron chi connectivity index (χ3n) is 8.65. The number of aliphatic hydroxyl groups excluding tert-OH is 1. The van der Waals surface area contributed by atoms with Crippen molar-refractivity contribution in [1.29, 1.82) is 0 Å². The fourth-order valence-corrected chi connectivity index (χ4v) is 7.61. The fourth-order valence-electron chi connectivity index (χ4n) is 6.03. The van der Waals surface area contributed by atoms with Gasteiger partial charge in [-0.3, -0.25) is 9.89 Å². The molecule has 3 aromatic carbocycles. The maximum Gasteiger partial charge on any atom is 0.326 e. The molecule has 3 aromatic rings. The average Bonchev–Trinajstić information content (AvgIpc) is 3.21. The summed E-state index contributed by atoms with van der Waals surface area (Å²) in [6.45, 7) is 6.61. The molecule has 0 aliphatic carbocycles. The zero-order valence-electron chi connectivity index (χ0n) is 24.9. The Bertz CT molecular complexity index is 1710. The van der Waals surface area contributed by atoms with Gasteiger partial charge in [-0.05, 0) is 75.1 Å². The van der Waals surface area contributed by atoms with E-state index in [-0.39, 0.29) is 34.1 Å². The number of urea groups is 1. The van der Waals surface area contributed by atoms with Gasteiger partial charge in [0.2, 0.25) is 0 Å². The topological polar surface area (TPSA) is 99.5 Å². The van der Waals surface area contributed by atoms with Gasteiger partial charge in [0, 0.05) is 35.5 Å². The summed E-state index contributed by atoms with van der Waals surface area (Å²) in [7, 11) is -3.77. The van der Waals surface area contributed by atoms with E-state index in [4.69, 9.17) is 44.5 Å². The fraction of sp³-hybridized carbons (Fsp3) is 0.375. The molecule has 2 amide bonds. The van der Waals surface area contributed by atoms with Crippen LogP contribution in [0.2, 0.25) is 15.1 Å². The Morgan fingerprint density at radius 3 is 2.05 bits per heavy atom. The first-order valence-corrected chi connectivity index (χ1v) is 17.3. The van der Waals surface area contributed by atoms with Gasteiger partial charge in [0.05, 0.1) is 28.2 Å². The molecular weight excluding hydrogens is 645 g/mol. The summed E-state index contributed by atoms with van der Waals surface area (Å²) < 4.78 is 31.7. The number of aliphatic hydroxyl groups is 1. The number of benzene rings is 3. The normalized spacial score (nSPS) is 22.7. The number of ether oxygens (including phenoxy) is 1. The zero-order chi connectivity index (χ0) is 32.0. The molecule has 44 heavy (non-hydrogen) atoms. The second-order valence-corrected chi connectivity index (χ2v) is 14.7. The molecule has 1 N–H and O–H groups in total. The van der Waals surface area contributed by atoms with E-state index < -0.39 is 27.0 Å². The molecule has 5 rings (SSSR count). The smallest absolute Gasteiger partial charge is 0.326 e. The molecule has 1 saturated heterocycles. The first-order chi connectivity index (χ1) is 20.7. The number of halogens is 3. The van der Waals surface area contributed by atoms with E-state index in [1.165, 1.54) is 12.1 Å². The highest BCUT2D eigenvalue weighted by Crippen LogP contribution is 2.54. The van der Waals surface area contributed by atoms with Crippen LogP contribution in [0.3, 0.4) is 0 Å². The minimum Gasteiger partial charge on any atom is -0.493 e. The summed E-state index contributed by atoms with van der Waals surface area (Å²) in [4.78, 5) is 23.3. The molecular formula is C32H34Cl3N3O5S. The van der Waals surface area contributed by atoms with Crippen molar-refractivity contribution in [2.45, 2.75) is 55.7 Å². The van der Waals surface area contributed by atoms with Crippen LogP contribution in [0.1, 0.15) is 50.3 Å². The molecule has 8 nitrogen and oxygen atoms in total. The van der Waals surface area contributed by atoms with Crippen molar-refractivity contribution in [3.8, 4) is 5.75 Å². The maximum absolute atomic E-state index is 14.8. The Morgan fingerprint density at radius 2 is 1.52 bits per heavy atom. The van der Waals surface area contributed by atoms with Crippen molar-refractivity contribution in [3.05, 3.63) is 92.4 Å². The van der Waals surface area contributed by atoms with E-state index in [1.54, 1.807) is 41.0 Å². The second kappa shape index (κ2) is 12.2. The summed E-state index contributed by atoms with van der Waals surface area (Å²) in [5, 5.41) is 11.3. The van der Waals surface area contributed by atoms with Crippen molar-refractivity contribution in [2.24, 2.45) is 4.99 Å². The lowest BCUT2D eigenvalue weighted by Gasteiger charge is -2.47. The van der Waals surface area contributed by atoms with Crippen molar-refractivity contribution >= 4 is 56.5 Å². The molecule has 1 fully saturated rings. The first kappa shape index (κ1) is 32.6. The SMILES string of the molecule is CCOc1cc(Cl)c(S(C)(=O)=O)cc1C1=NC(C)(c2ccc(Cl)cc2)C(C)(c2ccc(Cl)cc2)N1C(=O)N1CCC(O)CC1. The zero-order valence-corrected chi connectivity index (χ0v) is 27.9. The van der Waals surface area contributed by atoms with E-state index in [9.17, 15) is 18.3 Å². The highest BCUT2D eigenvalue weighted by atomic mass is 35.5. The third kappa shape index (κ3) is 5.69. The summed E-state index contributed by atoms with van der Waals surface area (Å²) >= 11 is 19.1. The van der Waals surface area contributed by atoms with Crippen LogP contribution in [0, 0.1) is 0 Å². The van der Waals surface area contributed by atoms with Gasteiger partial charge < -0.3 is 14.7 Å². The number of rotatable bonds is 6. The molecule has 0 radical (unpaired) electrons. The largest absolute Gasteiger partial charge is 0.493 e. The molecule has 2 heterocycles. The van der Waals surface area contributed by atoms with Crippen LogP contribution in [0.25, 0.3) is 0 Å². The molecule has 2 aliphatic rings. The summed E-state index contributed by atoms with van der Waals surface area (Å²) in [6, 6.07) is 17.1. The Kier molecular flexibility index (Phi) is 9.01. The summed E-state index contributed by atoms with van der Waals surface area (Å²) in [6.07, 6.45) is 1.45. The predicted octanol–water partition coefficient (Wildman–Crippen LogP) is 6.92. The number of hydrogen-bond donors (Lipinski definition) is 1.